The first-order valence-electron chi connectivity index (χ1n) is 10.2. The van der Waals surface area contributed by atoms with Crippen molar-refractivity contribution in [2.75, 3.05) is 24.4 Å². The summed E-state index contributed by atoms with van der Waals surface area (Å²) in [5, 5.41) is 0. The number of benzene rings is 2. The van der Waals surface area contributed by atoms with Gasteiger partial charge in [0.2, 0.25) is 0 Å². The normalized spacial score (nSPS) is 25.7. The summed E-state index contributed by atoms with van der Waals surface area (Å²) >= 11 is 0. The molecule has 2 atom stereocenters. The number of hydrogen-bond acceptors (Lipinski definition) is 4. The maximum atomic E-state index is 13.9. The van der Waals surface area contributed by atoms with Crippen LogP contribution in [0.4, 0.5) is 14.9 Å². The Morgan fingerprint density at radius 1 is 1.19 bits per heavy atom. The van der Waals surface area contributed by atoms with Crippen LogP contribution < -0.4 is 4.31 Å². The Morgan fingerprint density at radius 3 is 2.61 bits per heavy atom. The molecule has 2 aliphatic heterocycles. The van der Waals surface area contributed by atoms with Crippen molar-refractivity contribution in [2.45, 2.75) is 38.0 Å². The number of amides is 1. The predicted molar refractivity (Wildman–Crippen MR) is 115 cm³/mol. The van der Waals surface area contributed by atoms with E-state index in [4.69, 9.17) is 4.74 Å². The quantitative estimate of drug-likeness (QED) is 0.723. The fourth-order valence-electron chi connectivity index (χ4n) is 4.67. The third-order valence-electron chi connectivity index (χ3n) is 6.08. The maximum Gasteiger partial charge on any atom is 0.410 e. The van der Waals surface area contributed by atoms with Gasteiger partial charge in [-0.2, -0.15) is 12.7 Å². The zero-order chi connectivity index (χ0) is 22.2. The van der Waals surface area contributed by atoms with Gasteiger partial charge < -0.3 is 9.64 Å². The molecule has 0 aliphatic carbocycles. The first kappa shape index (κ1) is 21.6. The van der Waals surface area contributed by atoms with E-state index >= 15 is 0 Å². The van der Waals surface area contributed by atoms with Crippen LogP contribution in [-0.2, 0) is 21.6 Å². The van der Waals surface area contributed by atoms with E-state index in [1.807, 2.05) is 37.3 Å². The maximum absolute atomic E-state index is 13.9. The molecular formula is C22H26FN3O4S. The number of hydrogen-bond donors (Lipinski definition) is 0. The Kier molecular flexibility index (Phi) is 5.65. The summed E-state index contributed by atoms with van der Waals surface area (Å²) in [5.41, 5.74) is 0.450. The van der Waals surface area contributed by atoms with Crippen molar-refractivity contribution in [1.82, 2.24) is 9.21 Å². The average Bonchev–Trinajstić information content (AvgIpc) is 2.91. The fourth-order valence-corrected chi connectivity index (χ4v) is 6.44. The van der Waals surface area contributed by atoms with Crippen LogP contribution in [-0.4, -0.2) is 55.4 Å². The van der Waals surface area contributed by atoms with Gasteiger partial charge in [-0.15, -0.1) is 0 Å². The van der Waals surface area contributed by atoms with Crippen molar-refractivity contribution >= 4 is 22.0 Å². The van der Waals surface area contributed by atoms with Gasteiger partial charge in [-0.3, -0.25) is 0 Å². The zero-order valence-corrected chi connectivity index (χ0v) is 18.4. The summed E-state index contributed by atoms with van der Waals surface area (Å²) in [6, 6.07) is 14.8. The van der Waals surface area contributed by atoms with Gasteiger partial charge >= 0.3 is 16.3 Å². The molecule has 0 unspecified atom stereocenters. The second-order valence-corrected chi connectivity index (χ2v) is 10.2. The topological polar surface area (TPSA) is 70.2 Å². The summed E-state index contributed by atoms with van der Waals surface area (Å²) in [5.74, 6) is -0.493. The second kappa shape index (κ2) is 8.12. The first-order chi connectivity index (χ1) is 14.7. The van der Waals surface area contributed by atoms with E-state index in [9.17, 15) is 17.6 Å². The van der Waals surface area contributed by atoms with E-state index in [0.29, 0.717) is 25.1 Å². The number of piperidine rings is 1. The van der Waals surface area contributed by atoms with E-state index < -0.39 is 27.7 Å². The Balaban J connectivity index is 1.53. The number of nitrogens with zero attached hydrogens (tertiary/aromatic N) is 3. The van der Waals surface area contributed by atoms with Crippen molar-refractivity contribution in [3.63, 3.8) is 0 Å². The van der Waals surface area contributed by atoms with Crippen LogP contribution in [0.1, 0.15) is 25.3 Å². The van der Waals surface area contributed by atoms with Crippen LogP contribution in [0, 0.1) is 5.82 Å². The van der Waals surface area contributed by atoms with Gasteiger partial charge in [0, 0.05) is 26.2 Å². The van der Waals surface area contributed by atoms with Crippen LogP contribution in [0.15, 0.2) is 54.6 Å². The van der Waals surface area contributed by atoms with Gasteiger partial charge in [0.1, 0.15) is 12.4 Å². The van der Waals surface area contributed by atoms with E-state index in [1.165, 1.54) is 33.9 Å². The molecule has 0 radical (unpaired) electrons. The van der Waals surface area contributed by atoms with Crippen molar-refractivity contribution in [2.24, 2.45) is 0 Å². The second-order valence-electron chi connectivity index (χ2n) is 8.27. The molecule has 2 aromatic carbocycles. The number of ether oxygens (including phenoxy) is 1. The summed E-state index contributed by atoms with van der Waals surface area (Å²) in [4.78, 5) is 14.3. The van der Waals surface area contributed by atoms with Gasteiger partial charge in [0.05, 0.1) is 11.2 Å². The summed E-state index contributed by atoms with van der Waals surface area (Å²) in [6.07, 6.45) is 0.434. The molecule has 0 saturated carbocycles. The minimum Gasteiger partial charge on any atom is -0.445 e. The van der Waals surface area contributed by atoms with Crippen LogP contribution in [0.5, 0.6) is 0 Å². The van der Waals surface area contributed by atoms with Crippen LogP contribution in [0.2, 0.25) is 0 Å². The molecule has 1 amide bonds. The fraction of sp³-hybridized carbons (Fsp3) is 0.409. The van der Waals surface area contributed by atoms with Crippen LogP contribution in [0.3, 0.4) is 0 Å². The minimum atomic E-state index is -3.79. The molecule has 1 spiro atoms. The lowest BCUT2D eigenvalue weighted by atomic mass is 9.83. The molecule has 31 heavy (non-hydrogen) atoms. The molecule has 0 aromatic heterocycles. The average molecular weight is 448 g/mol. The summed E-state index contributed by atoms with van der Waals surface area (Å²) in [6.45, 7) is 2.70. The minimum absolute atomic E-state index is 0.181. The van der Waals surface area contributed by atoms with Crippen molar-refractivity contribution < 1.29 is 22.3 Å². The van der Waals surface area contributed by atoms with Gasteiger partial charge in [0.25, 0.3) is 0 Å². The molecule has 166 valence electrons. The van der Waals surface area contributed by atoms with E-state index in [2.05, 4.69) is 0 Å². The Labute approximate surface area is 182 Å². The Bertz CT molecular complexity index is 1070. The van der Waals surface area contributed by atoms with E-state index in [1.54, 1.807) is 11.0 Å². The highest BCUT2D eigenvalue weighted by molar-refractivity contribution is 7.90. The molecule has 0 bridgehead atoms. The lowest BCUT2D eigenvalue weighted by Crippen LogP contribution is -2.58. The molecular weight excluding hydrogens is 421 g/mol. The molecule has 2 fully saturated rings. The molecule has 2 heterocycles. The van der Waals surface area contributed by atoms with Crippen molar-refractivity contribution in [3.8, 4) is 0 Å². The number of rotatable bonds is 3. The summed E-state index contributed by atoms with van der Waals surface area (Å²) in [7, 11) is -2.26. The molecule has 0 N–H and O–H groups in total. The first-order valence-corrected chi connectivity index (χ1v) is 11.6. The predicted octanol–water partition coefficient (Wildman–Crippen LogP) is 3.38. The zero-order valence-electron chi connectivity index (χ0n) is 17.6. The molecule has 2 aromatic rings. The lowest BCUT2D eigenvalue weighted by molar-refractivity contribution is 0.0570. The number of halogens is 1. The standard InChI is InChI=1S/C22H26FN3O4S/c1-17-14-22(11-12-25(17)21(27)30-15-18-7-4-3-5-8-18)16-24(2)31(28,29)26(22)20-10-6-9-19(23)13-20/h3-10,13,17H,11-12,14-16H2,1-2H3/t17-,22+/m0/s1. The molecule has 4 rings (SSSR count). The molecule has 9 heteroatoms. The number of anilines is 1. The largest absolute Gasteiger partial charge is 0.445 e. The highest BCUT2D eigenvalue weighted by Gasteiger charge is 2.56. The van der Waals surface area contributed by atoms with E-state index in [0.717, 1.165) is 5.56 Å². The number of carbonyl (C=O) groups is 1. The van der Waals surface area contributed by atoms with Crippen LogP contribution >= 0.6 is 0 Å². The lowest BCUT2D eigenvalue weighted by Gasteiger charge is -2.46. The highest BCUT2D eigenvalue weighted by atomic mass is 32.2. The third-order valence-corrected chi connectivity index (χ3v) is 8.06. The third kappa shape index (κ3) is 3.99. The number of likely N-dealkylation sites (N-methyl/N-ethyl adjacent to an activating group) is 1. The van der Waals surface area contributed by atoms with Gasteiger partial charge in [-0.25, -0.2) is 13.5 Å². The molecule has 2 aliphatic rings. The smallest absolute Gasteiger partial charge is 0.410 e. The van der Waals surface area contributed by atoms with E-state index in [-0.39, 0.29) is 19.2 Å². The van der Waals surface area contributed by atoms with Gasteiger partial charge in [0.15, 0.2) is 0 Å². The van der Waals surface area contributed by atoms with Gasteiger partial charge in [-0.05, 0) is 43.5 Å². The van der Waals surface area contributed by atoms with Crippen LogP contribution in [0.25, 0.3) is 0 Å². The van der Waals surface area contributed by atoms with Gasteiger partial charge in [-0.1, -0.05) is 36.4 Å². The monoisotopic (exact) mass is 447 g/mol. The molecule has 7 nitrogen and oxygen atoms in total. The summed E-state index contributed by atoms with van der Waals surface area (Å²) < 4.78 is 48.2. The van der Waals surface area contributed by atoms with Crippen molar-refractivity contribution in [3.05, 3.63) is 66.0 Å². The number of likely N-dealkylation sites (tertiary alicyclic amines) is 1. The molecule has 2 saturated heterocycles. The SMILES string of the molecule is C[C@H]1C[C@]2(CCN1C(=O)OCc1ccccc1)CN(C)S(=O)(=O)N2c1cccc(F)c1. The highest BCUT2D eigenvalue weighted by Crippen LogP contribution is 2.43. The Hall–Kier alpha value is -2.65. The van der Waals surface area contributed by atoms with Crippen molar-refractivity contribution in [1.29, 1.82) is 0 Å². The Morgan fingerprint density at radius 2 is 1.94 bits per heavy atom. The number of carbonyl (C=O) groups excluding carboxylic acids is 1.